The van der Waals surface area contributed by atoms with Crippen molar-refractivity contribution in [3.8, 4) is 5.75 Å². The second kappa shape index (κ2) is 5.28. The lowest BCUT2D eigenvalue weighted by molar-refractivity contribution is -0.136. The minimum absolute atomic E-state index is 0.149. The molecule has 1 aliphatic heterocycles. The summed E-state index contributed by atoms with van der Waals surface area (Å²) in [5.41, 5.74) is 1.72. The molecule has 1 heterocycles. The van der Waals surface area contributed by atoms with Crippen LogP contribution >= 0.6 is 11.6 Å². The van der Waals surface area contributed by atoms with E-state index in [1.165, 1.54) is 6.92 Å². The van der Waals surface area contributed by atoms with E-state index < -0.39 is 22.0 Å². The maximum absolute atomic E-state index is 11.9. The summed E-state index contributed by atoms with van der Waals surface area (Å²) in [6.07, 6.45) is 0.782. The first kappa shape index (κ1) is 13.4. The van der Waals surface area contributed by atoms with Crippen LogP contribution in [0.1, 0.15) is 18.1 Å². The summed E-state index contributed by atoms with van der Waals surface area (Å²) in [6.45, 7) is 2.02. The van der Waals surface area contributed by atoms with E-state index in [0.29, 0.717) is 17.4 Å². The molecule has 2 atom stereocenters. The molecule has 1 aliphatic rings. The van der Waals surface area contributed by atoms with Crippen molar-refractivity contribution < 1.29 is 18.8 Å². The molecule has 1 aromatic carbocycles. The number of benzene rings is 1. The van der Waals surface area contributed by atoms with E-state index in [9.17, 15) is 9.00 Å². The Morgan fingerprint density at radius 2 is 2.33 bits per heavy atom. The van der Waals surface area contributed by atoms with Crippen LogP contribution in [0.4, 0.5) is 0 Å². The third-order valence-electron chi connectivity index (χ3n) is 2.87. The standard InChI is InChI=1S/C12H13ClO4S/c1-7(12(14)15)18(16)6-9-5-10(13)4-8-2-3-17-11(8)9/h4-5,7H,2-3,6H2,1H3,(H,14,15). The van der Waals surface area contributed by atoms with Crippen LogP contribution in [-0.2, 0) is 27.8 Å². The van der Waals surface area contributed by atoms with Gasteiger partial charge in [-0.3, -0.25) is 9.00 Å². The van der Waals surface area contributed by atoms with Gasteiger partial charge in [-0.25, -0.2) is 0 Å². The number of fused-ring (bicyclic) bond motifs is 1. The van der Waals surface area contributed by atoms with E-state index in [1.807, 2.05) is 6.07 Å². The molecule has 0 spiro atoms. The molecule has 18 heavy (non-hydrogen) atoms. The van der Waals surface area contributed by atoms with Gasteiger partial charge in [0.1, 0.15) is 11.0 Å². The number of carbonyl (C=O) groups is 1. The molecular weight excluding hydrogens is 276 g/mol. The SMILES string of the molecule is CC(C(=O)O)S(=O)Cc1cc(Cl)cc2c1OCC2. The zero-order valence-corrected chi connectivity index (χ0v) is 11.4. The van der Waals surface area contributed by atoms with Crippen LogP contribution in [0.25, 0.3) is 0 Å². The molecule has 0 aromatic heterocycles. The molecule has 0 saturated carbocycles. The fourth-order valence-electron chi connectivity index (χ4n) is 1.84. The van der Waals surface area contributed by atoms with Gasteiger partial charge in [-0.15, -0.1) is 0 Å². The Kier molecular flexibility index (Phi) is 3.92. The van der Waals surface area contributed by atoms with Crippen molar-refractivity contribution in [1.29, 1.82) is 0 Å². The number of halogens is 1. The molecule has 1 aromatic rings. The Balaban J connectivity index is 2.25. The smallest absolute Gasteiger partial charge is 0.318 e. The summed E-state index contributed by atoms with van der Waals surface area (Å²) < 4.78 is 17.4. The molecule has 98 valence electrons. The highest BCUT2D eigenvalue weighted by molar-refractivity contribution is 7.85. The average molecular weight is 289 g/mol. The molecule has 2 unspecified atom stereocenters. The molecule has 0 fully saturated rings. The van der Waals surface area contributed by atoms with Gasteiger partial charge in [0.25, 0.3) is 0 Å². The molecular formula is C12H13ClO4S. The Morgan fingerprint density at radius 3 is 3.00 bits per heavy atom. The second-order valence-electron chi connectivity index (χ2n) is 4.16. The lowest BCUT2D eigenvalue weighted by Crippen LogP contribution is -2.23. The first-order valence-electron chi connectivity index (χ1n) is 5.53. The second-order valence-corrected chi connectivity index (χ2v) is 6.35. The summed E-state index contributed by atoms with van der Waals surface area (Å²) in [5.74, 6) is -0.200. The molecule has 0 bridgehead atoms. The molecule has 6 heteroatoms. The van der Waals surface area contributed by atoms with E-state index >= 15 is 0 Å². The number of rotatable bonds is 4. The van der Waals surface area contributed by atoms with Gasteiger partial charge in [0.15, 0.2) is 0 Å². The van der Waals surface area contributed by atoms with Crippen LogP contribution in [0.5, 0.6) is 5.75 Å². The van der Waals surface area contributed by atoms with Gasteiger partial charge in [-0.05, 0) is 24.6 Å². The number of hydrogen-bond donors (Lipinski definition) is 1. The third-order valence-corrected chi connectivity index (χ3v) is 4.67. The minimum atomic E-state index is -1.48. The molecule has 2 rings (SSSR count). The lowest BCUT2D eigenvalue weighted by atomic mass is 10.1. The van der Waals surface area contributed by atoms with Crippen LogP contribution < -0.4 is 4.74 Å². The number of carboxylic acid groups (broad SMARTS) is 1. The maximum Gasteiger partial charge on any atom is 0.318 e. The predicted molar refractivity (Wildman–Crippen MR) is 69.6 cm³/mol. The van der Waals surface area contributed by atoms with Gasteiger partial charge in [-0.2, -0.15) is 0 Å². The Morgan fingerprint density at radius 1 is 1.61 bits per heavy atom. The minimum Gasteiger partial charge on any atom is -0.493 e. The molecule has 0 amide bonds. The summed E-state index contributed by atoms with van der Waals surface area (Å²) in [5, 5.41) is 8.49. The van der Waals surface area contributed by atoms with E-state index in [0.717, 1.165) is 17.5 Å². The highest BCUT2D eigenvalue weighted by atomic mass is 35.5. The van der Waals surface area contributed by atoms with Crippen molar-refractivity contribution in [3.05, 3.63) is 28.3 Å². The molecule has 4 nitrogen and oxygen atoms in total. The summed E-state index contributed by atoms with van der Waals surface area (Å²) in [6, 6.07) is 3.52. The van der Waals surface area contributed by atoms with Crippen LogP contribution in [0.15, 0.2) is 12.1 Å². The van der Waals surface area contributed by atoms with Crippen LogP contribution in [0, 0.1) is 0 Å². The third kappa shape index (κ3) is 2.67. The monoisotopic (exact) mass is 288 g/mol. The fourth-order valence-corrected chi connectivity index (χ4v) is 3.10. The van der Waals surface area contributed by atoms with Crippen LogP contribution in [-0.4, -0.2) is 27.1 Å². The summed E-state index contributed by atoms with van der Waals surface area (Å²) in [4.78, 5) is 10.8. The van der Waals surface area contributed by atoms with Crippen LogP contribution in [0.2, 0.25) is 5.02 Å². The van der Waals surface area contributed by atoms with Gasteiger partial charge >= 0.3 is 5.97 Å². The average Bonchev–Trinajstić information content (AvgIpc) is 2.75. The van der Waals surface area contributed by atoms with E-state index in [1.54, 1.807) is 6.07 Å². The van der Waals surface area contributed by atoms with Crippen molar-refractivity contribution in [2.75, 3.05) is 6.61 Å². The van der Waals surface area contributed by atoms with Crippen molar-refractivity contribution in [1.82, 2.24) is 0 Å². The van der Waals surface area contributed by atoms with Crippen molar-refractivity contribution >= 4 is 28.4 Å². The highest BCUT2D eigenvalue weighted by Gasteiger charge is 2.23. The van der Waals surface area contributed by atoms with E-state index in [-0.39, 0.29) is 5.75 Å². The highest BCUT2D eigenvalue weighted by Crippen LogP contribution is 2.33. The molecule has 0 saturated heterocycles. The zero-order valence-electron chi connectivity index (χ0n) is 9.81. The number of carboxylic acids is 1. The Hall–Kier alpha value is -1.07. The van der Waals surface area contributed by atoms with Gasteiger partial charge < -0.3 is 9.84 Å². The van der Waals surface area contributed by atoms with E-state index in [4.69, 9.17) is 21.4 Å². The summed E-state index contributed by atoms with van der Waals surface area (Å²) >= 11 is 5.98. The number of ether oxygens (including phenoxy) is 1. The zero-order chi connectivity index (χ0) is 13.3. The van der Waals surface area contributed by atoms with Crippen molar-refractivity contribution in [2.45, 2.75) is 24.3 Å². The fraction of sp³-hybridized carbons (Fsp3) is 0.417. The Bertz CT molecular complexity index is 515. The van der Waals surface area contributed by atoms with Crippen molar-refractivity contribution in [3.63, 3.8) is 0 Å². The van der Waals surface area contributed by atoms with Gasteiger partial charge in [0, 0.05) is 27.8 Å². The lowest BCUT2D eigenvalue weighted by Gasteiger charge is -2.10. The van der Waals surface area contributed by atoms with Crippen molar-refractivity contribution in [2.24, 2.45) is 0 Å². The molecule has 0 aliphatic carbocycles. The Labute approximate surface area is 112 Å². The maximum atomic E-state index is 11.9. The number of hydrogen-bond acceptors (Lipinski definition) is 3. The van der Waals surface area contributed by atoms with E-state index in [2.05, 4.69) is 0 Å². The first-order valence-corrected chi connectivity index (χ1v) is 7.29. The summed E-state index contributed by atoms with van der Waals surface area (Å²) in [7, 11) is -1.48. The van der Waals surface area contributed by atoms with Gasteiger partial charge in [0.05, 0.1) is 12.4 Å². The molecule has 1 N–H and O–H groups in total. The van der Waals surface area contributed by atoms with Gasteiger partial charge in [0.2, 0.25) is 0 Å². The largest absolute Gasteiger partial charge is 0.493 e. The normalized spacial score (nSPS) is 16.8. The molecule has 0 radical (unpaired) electrons. The first-order chi connectivity index (χ1) is 8.49. The van der Waals surface area contributed by atoms with Gasteiger partial charge in [-0.1, -0.05) is 11.6 Å². The quantitative estimate of drug-likeness (QED) is 0.920. The number of aliphatic carboxylic acids is 1. The van der Waals surface area contributed by atoms with Crippen LogP contribution in [0.3, 0.4) is 0 Å². The topological polar surface area (TPSA) is 63.6 Å². The predicted octanol–water partition coefficient (Wildman–Crippen LogP) is 2.00.